The van der Waals surface area contributed by atoms with Gasteiger partial charge in [-0.3, -0.25) is 0 Å². The highest BCUT2D eigenvalue weighted by molar-refractivity contribution is 5.47. The SMILES string of the molecule is CC(C)NCCN(C)Cc1cccc2c1OCCO2. The maximum atomic E-state index is 5.73. The quantitative estimate of drug-likeness (QED) is 0.850. The molecule has 0 spiro atoms. The van der Waals surface area contributed by atoms with Crippen molar-refractivity contribution < 1.29 is 9.47 Å². The molecule has 0 radical (unpaired) electrons. The number of ether oxygens (including phenoxy) is 2. The van der Waals surface area contributed by atoms with E-state index in [-0.39, 0.29) is 0 Å². The van der Waals surface area contributed by atoms with Crippen LogP contribution in [0.3, 0.4) is 0 Å². The Morgan fingerprint density at radius 1 is 1.26 bits per heavy atom. The molecule has 0 aliphatic carbocycles. The first-order valence-corrected chi connectivity index (χ1v) is 6.96. The Hall–Kier alpha value is -1.26. The molecule has 0 saturated heterocycles. The maximum absolute atomic E-state index is 5.73. The molecule has 2 rings (SSSR count). The van der Waals surface area contributed by atoms with Crippen molar-refractivity contribution in [1.82, 2.24) is 10.2 Å². The zero-order valence-electron chi connectivity index (χ0n) is 12.1. The summed E-state index contributed by atoms with van der Waals surface area (Å²) in [7, 11) is 2.13. The number of benzene rings is 1. The molecule has 0 atom stereocenters. The van der Waals surface area contributed by atoms with Gasteiger partial charge < -0.3 is 19.7 Å². The van der Waals surface area contributed by atoms with E-state index in [1.54, 1.807) is 0 Å². The van der Waals surface area contributed by atoms with Crippen LogP contribution in [0.25, 0.3) is 0 Å². The summed E-state index contributed by atoms with van der Waals surface area (Å²) in [6.45, 7) is 8.51. The van der Waals surface area contributed by atoms with Crippen molar-refractivity contribution in [3.63, 3.8) is 0 Å². The predicted octanol–water partition coefficient (Wildman–Crippen LogP) is 1.89. The average molecular weight is 264 g/mol. The molecule has 4 nitrogen and oxygen atoms in total. The molecule has 0 fully saturated rings. The van der Waals surface area contributed by atoms with E-state index in [0.29, 0.717) is 19.3 Å². The van der Waals surface area contributed by atoms with Gasteiger partial charge in [0.1, 0.15) is 13.2 Å². The van der Waals surface area contributed by atoms with Gasteiger partial charge in [-0.15, -0.1) is 0 Å². The molecule has 1 N–H and O–H groups in total. The fourth-order valence-electron chi connectivity index (χ4n) is 2.17. The first kappa shape index (κ1) is 14.2. The first-order chi connectivity index (χ1) is 9.16. The van der Waals surface area contributed by atoms with E-state index in [9.17, 15) is 0 Å². The lowest BCUT2D eigenvalue weighted by Gasteiger charge is -2.24. The lowest BCUT2D eigenvalue weighted by Crippen LogP contribution is -2.32. The van der Waals surface area contributed by atoms with Crippen LogP contribution in [0.2, 0.25) is 0 Å². The highest BCUT2D eigenvalue weighted by Gasteiger charge is 2.16. The molecular formula is C15H24N2O2. The summed E-state index contributed by atoms with van der Waals surface area (Å²) in [5, 5.41) is 3.43. The fourth-order valence-corrected chi connectivity index (χ4v) is 2.17. The number of nitrogens with one attached hydrogen (secondary N) is 1. The lowest BCUT2D eigenvalue weighted by molar-refractivity contribution is 0.167. The summed E-state index contributed by atoms with van der Waals surface area (Å²) in [6.07, 6.45) is 0. The van der Waals surface area contributed by atoms with E-state index < -0.39 is 0 Å². The van der Waals surface area contributed by atoms with Gasteiger partial charge in [0, 0.05) is 31.2 Å². The zero-order valence-corrected chi connectivity index (χ0v) is 12.1. The summed E-state index contributed by atoms with van der Waals surface area (Å²) in [4.78, 5) is 2.29. The first-order valence-electron chi connectivity index (χ1n) is 6.96. The summed E-state index contributed by atoms with van der Waals surface area (Å²) >= 11 is 0. The number of hydrogen-bond acceptors (Lipinski definition) is 4. The van der Waals surface area contributed by atoms with Gasteiger partial charge in [0.15, 0.2) is 11.5 Å². The molecule has 1 aromatic carbocycles. The molecule has 0 saturated carbocycles. The van der Waals surface area contributed by atoms with Gasteiger partial charge in [-0.2, -0.15) is 0 Å². The summed E-state index contributed by atoms with van der Waals surface area (Å²) < 4.78 is 11.3. The van der Waals surface area contributed by atoms with Gasteiger partial charge in [0.2, 0.25) is 0 Å². The van der Waals surface area contributed by atoms with E-state index in [1.165, 1.54) is 5.56 Å². The second-order valence-electron chi connectivity index (χ2n) is 5.29. The maximum Gasteiger partial charge on any atom is 0.165 e. The number of fused-ring (bicyclic) bond motifs is 1. The number of hydrogen-bond donors (Lipinski definition) is 1. The van der Waals surface area contributed by atoms with Crippen LogP contribution in [0, 0.1) is 0 Å². The van der Waals surface area contributed by atoms with Crippen LogP contribution < -0.4 is 14.8 Å². The highest BCUT2D eigenvalue weighted by atomic mass is 16.6. The smallest absolute Gasteiger partial charge is 0.165 e. The van der Waals surface area contributed by atoms with Crippen molar-refractivity contribution >= 4 is 0 Å². The van der Waals surface area contributed by atoms with Gasteiger partial charge in [-0.25, -0.2) is 0 Å². The van der Waals surface area contributed by atoms with Crippen molar-refractivity contribution in [2.45, 2.75) is 26.4 Å². The highest BCUT2D eigenvalue weighted by Crippen LogP contribution is 2.33. The average Bonchev–Trinajstić information content (AvgIpc) is 2.39. The molecule has 1 aliphatic heterocycles. The Labute approximate surface area is 115 Å². The Bertz CT molecular complexity index is 407. The Kier molecular flexibility index (Phi) is 5.05. The number of rotatable bonds is 6. The molecule has 0 aromatic heterocycles. The van der Waals surface area contributed by atoms with Gasteiger partial charge in [-0.05, 0) is 13.1 Å². The van der Waals surface area contributed by atoms with Crippen molar-refractivity contribution in [3.8, 4) is 11.5 Å². The normalized spacial score (nSPS) is 14.2. The van der Waals surface area contributed by atoms with Crippen molar-refractivity contribution in [2.24, 2.45) is 0 Å². The van der Waals surface area contributed by atoms with Gasteiger partial charge in [-0.1, -0.05) is 26.0 Å². The zero-order chi connectivity index (χ0) is 13.7. The Morgan fingerprint density at radius 3 is 2.84 bits per heavy atom. The van der Waals surface area contributed by atoms with Crippen LogP contribution in [-0.4, -0.2) is 44.3 Å². The summed E-state index contributed by atoms with van der Waals surface area (Å²) in [6, 6.07) is 6.65. The van der Waals surface area contributed by atoms with E-state index in [1.807, 2.05) is 12.1 Å². The third-order valence-corrected chi connectivity index (χ3v) is 3.13. The summed E-state index contributed by atoms with van der Waals surface area (Å²) in [5.74, 6) is 1.79. The summed E-state index contributed by atoms with van der Waals surface area (Å²) in [5.41, 5.74) is 1.20. The van der Waals surface area contributed by atoms with E-state index in [2.05, 4.69) is 37.2 Å². The van der Waals surface area contributed by atoms with Crippen molar-refractivity contribution in [3.05, 3.63) is 23.8 Å². The molecule has 0 unspecified atom stereocenters. The molecule has 0 bridgehead atoms. The molecule has 19 heavy (non-hydrogen) atoms. The molecule has 106 valence electrons. The van der Waals surface area contributed by atoms with E-state index >= 15 is 0 Å². The third kappa shape index (κ3) is 4.11. The minimum Gasteiger partial charge on any atom is -0.486 e. The molecule has 1 aliphatic rings. The molecule has 1 heterocycles. The Balaban J connectivity index is 1.91. The predicted molar refractivity (Wildman–Crippen MR) is 76.9 cm³/mol. The van der Waals surface area contributed by atoms with Gasteiger partial charge in [0.25, 0.3) is 0 Å². The molecular weight excluding hydrogens is 240 g/mol. The van der Waals surface area contributed by atoms with Crippen LogP contribution in [-0.2, 0) is 6.54 Å². The number of likely N-dealkylation sites (N-methyl/N-ethyl adjacent to an activating group) is 1. The van der Waals surface area contributed by atoms with Gasteiger partial charge in [0.05, 0.1) is 0 Å². The second-order valence-corrected chi connectivity index (χ2v) is 5.29. The monoisotopic (exact) mass is 264 g/mol. The van der Waals surface area contributed by atoms with Crippen molar-refractivity contribution in [2.75, 3.05) is 33.4 Å². The van der Waals surface area contributed by atoms with Crippen LogP contribution in [0.5, 0.6) is 11.5 Å². The molecule has 1 aromatic rings. The fraction of sp³-hybridized carbons (Fsp3) is 0.600. The van der Waals surface area contributed by atoms with Crippen LogP contribution in [0.15, 0.2) is 18.2 Å². The van der Waals surface area contributed by atoms with Crippen LogP contribution in [0.4, 0.5) is 0 Å². The minimum atomic E-state index is 0.537. The second kappa shape index (κ2) is 6.78. The standard InChI is InChI=1S/C15H24N2O2/c1-12(2)16-7-8-17(3)11-13-5-4-6-14-15(13)19-10-9-18-14/h4-6,12,16H,7-11H2,1-3H3. The van der Waals surface area contributed by atoms with Crippen LogP contribution in [0.1, 0.15) is 19.4 Å². The van der Waals surface area contributed by atoms with E-state index in [4.69, 9.17) is 9.47 Å². The van der Waals surface area contributed by atoms with Gasteiger partial charge >= 0.3 is 0 Å². The Morgan fingerprint density at radius 2 is 2.05 bits per heavy atom. The van der Waals surface area contributed by atoms with E-state index in [0.717, 1.165) is 31.1 Å². The van der Waals surface area contributed by atoms with Crippen LogP contribution >= 0.6 is 0 Å². The lowest BCUT2D eigenvalue weighted by atomic mass is 10.1. The number of para-hydroxylation sites is 1. The number of nitrogens with zero attached hydrogens (tertiary/aromatic N) is 1. The topological polar surface area (TPSA) is 33.7 Å². The molecule has 4 heteroatoms. The largest absolute Gasteiger partial charge is 0.486 e. The minimum absolute atomic E-state index is 0.537. The van der Waals surface area contributed by atoms with Crippen molar-refractivity contribution in [1.29, 1.82) is 0 Å². The third-order valence-electron chi connectivity index (χ3n) is 3.13. The molecule has 0 amide bonds.